The fourth-order valence-electron chi connectivity index (χ4n) is 3.72. The second-order valence-electron chi connectivity index (χ2n) is 8.80. The third kappa shape index (κ3) is 8.25. The van der Waals surface area contributed by atoms with Crippen LogP contribution in [-0.2, 0) is 26.2 Å². The molecule has 0 saturated heterocycles. The number of benzene rings is 2. The average molecular weight is 522 g/mol. The molecule has 2 rings (SSSR count). The SMILES string of the molecule is CCCNC(=O)C(C)N(Cc1ccc(C)cc1)C(=O)CCCN(c1cccc(Cl)c1C)S(C)(=O)=O. The van der Waals surface area contributed by atoms with Crippen LogP contribution in [0.3, 0.4) is 0 Å². The Balaban J connectivity index is 2.18. The molecule has 1 unspecified atom stereocenters. The molecule has 1 atom stereocenters. The van der Waals surface area contributed by atoms with Crippen molar-refractivity contribution >= 4 is 39.1 Å². The summed E-state index contributed by atoms with van der Waals surface area (Å²) in [6, 6.07) is 12.3. The summed E-state index contributed by atoms with van der Waals surface area (Å²) >= 11 is 6.20. The van der Waals surface area contributed by atoms with Gasteiger partial charge in [0.05, 0.1) is 11.9 Å². The molecule has 0 aliphatic carbocycles. The molecule has 0 saturated carbocycles. The van der Waals surface area contributed by atoms with Crippen molar-refractivity contribution < 1.29 is 18.0 Å². The van der Waals surface area contributed by atoms with E-state index in [2.05, 4.69) is 5.32 Å². The van der Waals surface area contributed by atoms with Crippen molar-refractivity contribution in [3.63, 3.8) is 0 Å². The van der Waals surface area contributed by atoms with E-state index in [0.29, 0.717) is 35.8 Å². The Labute approximate surface area is 214 Å². The summed E-state index contributed by atoms with van der Waals surface area (Å²) in [4.78, 5) is 27.5. The van der Waals surface area contributed by atoms with Crippen molar-refractivity contribution in [2.75, 3.05) is 23.7 Å². The van der Waals surface area contributed by atoms with Crippen LogP contribution in [0.1, 0.15) is 49.8 Å². The number of sulfonamides is 1. The molecule has 0 spiro atoms. The lowest BCUT2D eigenvalue weighted by Gasteiger charge is -2.29. The van der Waals surface area contributed by atoms with E-state index in [9.17, 15) is 18.0 Å². The third-order valence-corrected chi connectivity index (χ3v) is 7.44. The van der Waals surface area contributed by atoms with Gasteiger partial charge in [0.2, 0.25) is 21.8 Å². The van der Waals surface area contributed by atoms with Crippen LogP contribution in [0.2, 0.25) is 5.02 Å². The van der Waals surface area contributed by atoms with Crippen LogP contribution in [0.15, 0.2) is 42.5 Å². The Morgan fingerprint density at radius 1 is 1.09 bits per heavy atom. The standard InChI is InChI=1S/C26H36ClN3O4S/c1-6-16-28-26(32)21(4)29(18-22-14-12-19(2)13-15-22)25(31)11-8-17-30(35(5,33)34)24-10-7-9-23(27)20(24)3/h7,9-10,12-15,21H,6,8,11,16-18H2,1-5H3,(H,28,32). The van der Waals surface area contributed by atoms with Gasteiger partial charge in [0.25, 0.3) is 0 Å². The van der Waals surface area contributed by atoms with Crippen molar-refractivity contribution in [1.82, 2.24) is 10.2 Å². The second kappa shape index (κ2) is 12.9. The van der Waals surface area contributed by atoms with Crippen LogP contribution < -0.4 is 9.62 Å². The van der Waals surface area contributed by atoms with E-state index in [1.807, 2.05) is 38.1 Å². The minimum absolute atomic E-state index is 0.100. The van der Waals surface area contributed by atoms with Crippen LogP contribution in [-0.4, -0.2) is 50.5 Å². The second-order valence-corrected chi connectivity index (χ2v) is 11.1. The number of hydrogen-bond acceptors (Lipinski definition) is 4. The molecular weight excluding hydrogens is 486 g/mol. The Morgan fingerprint density at radius 2 is 1.74 bits per heavy atom. The lowest BCUT2D eigenvalue weighted by molar-refractivity contribution is -0.140. The van der Waals surface area contributed by atoms with Crippen LogP contribution in [0.4, 0.5) is 5.69 Å². The van der Waals surface area contributed by atoms with Gasteiger partial charge in [0.1, 0.15) is 6.04 Å². The zero-order valence-corrected chi connectivity index (χ0v) is 22.7. The maximum absolute atomic E-state index is 13.3. The Hall–Kier alpha value is -2.58. The van der Waals surface area contributed by atoms with Gasteiger partial charge < -0.3 is 10.2 Å². The molecule has 7 nitrogen and oxygen atoms in total. The molecular formula is C26H36ClN3O4S. The van der Waals surface area contributed by atoms with Crippen LogP contribution >= 0.6 is 11.6 Å². The van der Waals surface area contributed by atoms with Gasteiger partial charge in [-0.15, -0.1) is 0 Å². The van der Waals surface area contributed by atoms with Gasteiger partial charge >= 0.3 is 0 Å². The zero-order valence-electron chi connectivity index (χ0n) is 21.2. The van der Waals surface area contributed by atoms with E-state index in [1.54, 1.807) is 36.9 Å². The summed E-state index contributed by atoms with van der Waals surface area (Å²) in [6.45, 7) is 8.40. The molecule has 35 heavy (non-hydrogen) atoms. The molecule has 2 amide bonds. The van der Waals surface area contributed by atoms with Crippen LogP contribution in [0.5, 0.6) is 0 Å². The molecule has 0 aliphatic rings. The Morgan fingerprint density at radius 3 is 2.34 bits per heavy atom. The maximum atomic E-state index is 13.3. The largest absolute Gasteiger partial charge is 0.354 e. The van der Waals surface area contributed by atoms with Gasteiger partial charge in [0.15, 0.2) is 0 Å². The van der Waals surface area contributed by atoms with Crippen LogP contribution in [0, 0.1) is 13.8 Å². The first-order valence-electron chi connectivity index (χ1n) is 11.8. The number of carbonyl (C=O) groups is 2. The summed E-state index contributed by atoms with van der Waals surface area (Å²) in [5, 5.41) is 3.33. The number of aryl methyl sites for hydroxylation is 1. The van der Waals surface area contributed by atoms with E-state index in [-0.39, 0.29) is 24.8 Å². The first-order valence-corrected chi connectivity index (χ1v) is 14.0. The van der Waals surface area contributed by atoms with E-state index in [0.717, 1.165) is 23.8 Å². The minimum atomic E-state index is -3.58. The molecule has 0 aliphatic heterocycles. The predicted octanol–water partition coefficient (Wildman–Crippen LogP) is 4.45. The highest BCUT2D eigenvalue weighted by molar-refractivity contribution is 7.92. The minimum Gasteiger partial charge on any atom is -0.354 e. The Bertz CT molecular complexity index is 1120. The molecule has 0 fully saturated rings. The molecule has 0 aromatic heterocycles. The summed E-state index contributed by atoms with van der Waals surface area (Å²) in [6.07, 6.45) is 2.34. The number of rotatable bonds is 12. The number of carbonyl (C=O) groups excluding carboxylic acids is 2. The monoisotopic (exact) mass is 521 g/mol. The van der Waals surface area contributed by atoms with E-state index in [4.69, 9.17) is 11.6 Å². The highest BCUT2D eigenvalue weighted by atomic mass is 35.5. The number of hydrogen-bond donors (Lipinski definition) is 1. The fourth-order valence-corrected chi connectivity index (χ4v) is 4.90. The van der Waals surface area contributed by atoms with E-state index < -0.39 is 16.1 Å². The number of amides is 2. The molecule has 2 aromatic rings. The van der Waals surface area contributed by atoms with Gasteiger partial charge in [-0.2, -0.15) is 0 Å². The first kappa shape index (κ1) is 28.7. The molecule has 0 radical (unpaired) electrons. The van der Waals surface area contributed by atoms with Gasteiger partial charge in [-0.1, -0.05) is 54.4 Å². The Kier molecular flexibility index (Phi) is 10.6. The molecule has 192 valence electrons. The lowest BCUT2D eigenvalue weighted by Crippen LogP contribution is -2.47. The number of nitrogens with zero attached hydrogens (tertiary/aromatic N) is 2. The number of halogens is 1. The smallest absolute Gasteiger partial charge is 0.242 e. The van der Waals surface area contributed by atoms with Crippen molar-refractivity contribution in [3.05, 3.63) is 64.2 Å². The molecule has 0 bridgehead atoms. The summed E-state index contributed by atoms with van der Waals surface area (Å²) in [5.41, 5.74) is 3.19. The number of nitrogens with one attached hydrogen (secondary N) is 1. The van der Waals surface area contributed by atoms with Crippen molar-refractivity contribution in [1.29, 1.82) is 0 Å². The van der Waals surface area contributed by atoms with E-state index >= 15 is 0 Å². The first-order chi connectivity index (χ1) is 16.5. The topological polar surface area (TPSA) is 86.8 Å². The zero-order chi connectivity index (χ0) is 26.2. The summed E-state index contributed by atoms with van der Waals surface area (Å²) in [5.74, 6) is -0.416. The quantitative estimate of drug-likeness (QED) is 0.447. The third-order valence-electron chi connectivity index (χ3n) is 5.85. The maximum Gasteiger partial charge on any atom is 0.242 e. The van der Waals surface area contributed by atoms with Crippen molar-refractivity contribution in [2.45, 2.75) is 59.5 Å². The predicted molar refractivity (Wildman–Crippen MR) is 142 cm³/mol. The molecule has 9 heteroatoms. The van der Waals surface area contributed by atoms with Gasteiger partial charge in [-0.05, 0) is 56.9 Å². The molecule has 2 aromatic carbocycles. The molecule has 1 N–H and O–H groups in total. The van der Waals surface area contributed by atoms with Crippen LogP contribution in [0.25, 0.3) is 0 Å². The highest BCUT2D eigenvalue weighted by Gasteiger charge is 2.26. The van der Waals surface area contributed by atoms with Gasteiger partial charge in [-0.3, -0.25) is 13.9 Å². The van der Waals surface area contributed by atoms with Crippen molar-refractivity contribution in [3.8, 4) is 0 Å². The normalized spacial score (nSPS) is 12.2. The summed E-state index contributed by atoms with van der Waals surface area (Å²) < 4.78 is 26.3. The van der Waals surface area contributed by atoms with E-state index in [1.165, 1.54) is 4.31 Å². The average Bonchev–Trinajstić information content (AvgIpc) is 2.80. The molecule has 0 heterocycles. The number of anilines is 1. The fraction of sp³-hybridized carbons (Fsp3) is 0.462. The van der Waals surface area contributed by atoms with Gasteiger partial charge in [0, 0.05) is 31.1 Å². The van der Waals surface area contributed by atoms with Gasteiger partial charge in [-0.25, -0.2) is 8.42 Å². The highest BCUT2D eigenvalue weighted by Crippen LogP contribution is 2.28. The van der Waals surface area contributed by atoms with Crippen molar-refractivity contribution in [2.24, 2.45) is 0 Å². The summed E-state index contributed by atoms with van der Waals surface area (Å²) in [7, 11) is -3.58. The lowest BCUT2D eigenvalue weighted by atomic mass is 10.1.